The molecular formula is C23H25N3O4. The number of para-hydroxylation sites is 1. The molecule has 0 bridgehead atoms. The average molecular weight is 407 g/mol. The topological polar surface area (TPSA) is 70.2 Å². The van der Waals surface area contributed by atoms with Gasteiger partial charge in [0.1, 0.15) is 5.75 Å². The molecule has 1 unspecified atom stereocenters. The SMILES string of the molecule is O=C1CC(C(=O)N2CCN(C(=O)Oc3ccccc3)CC2)CN1Cc1ccccc1. The van der Waals surface area contributed by atoms with Crippen molar-refractivity contribution in [3.8, 4) is 5.75 Å². The quantitative estimate of drug-likeness (QED) is 0.780. The number of benzene rings is 2. The van der Waals surface area contributed by atoms with E-state index < -0.39 is 6.09 Å². The molecule has 0 radical (unpaired) electrons. The molecule has 0 aromatic heterocycles. The van der Waals surface area contributed by atoms with Crippen LogP contribution >= 0.6 is 0 Å². The molecule has 2 aromatic rings. The first-order valence-electron chi connectivity index (χ1n) is 10.2. The smallest absolute Gasteiger partial charge is 0.410 e. The van der Waals surface area contributed by atoms with Gasteiger partial charge in [0.2, 0.25) is 11.8 Å². The van der Waals surface area contributed by atoms with E-state index in [2.05, 4.69) is 0 Å². The summed E-state index contributed by atoms with van der Waals surface area (Å²) in [5, 5.41) is 0. The Morgan fingerprint density at radius 1 is 0.867 bits per heavy atom. The Labute approximate surface area is 175 Å². The third kappa shape index (κ3) is 4.62. The van der Waals surface area contributed by atoms with Crippen molar-refractivity contribution in [2.45, 2.75) is 13.0 Å². The zero-order valence-electron chi connectivity index (χ0n) is 16.8. The lowest BCUT2D eigenvalue weighted by molar-refractivity contribution is -0.137. The number of carbonyl (C=O) groups is 3. The van der Waals surface area contributed by atoms with Gasteiger partial charge in [0.15, 0.2) is 0 Å². The van der Waals surface area contributed by atoms with E-state index in [1.54, 1.807) is 26.8 Å². The number of ether oxygens (including phenoxy) is 1. The van der Waals surface area contributed by atoms with Crippen LogP contribution in [0.25, 0.3) is 0 Å². The highest BCUT2D eigenvalue weighted by Crippen LogP contribution is 2.23. The van der Waals surface area contributed by atoms with Crippen LogP contribution in [0.4, 0.5) is 4.79 Å². The summed E-state index contributed by atoms with van der Waals surface area (Å²) in [6.07, 6.45) is -0.152. The molecule has 2 heterocycles. The van der Waals surface area contributed by atoms with Gasteiger partial charge in [-0.2, -0.15) is 0 Å². The minimum Gasteiger partial charge on any atom is -0.410 e. The third-order valence-electron chi connectivity index (χ3n) is 5.58. The molecule has 2 saturated heterocycles. The van der Waals surface area contributed by atoms with Crippen molar-refractivity contribution in [2.24, 2.45) is 5.92 Å². The summed E-state index contributed by atoms with van der Waals surface area (Å²) in [6.45, 7) is 2.72. The van der Waals surface area contributed by atoms with Crippen molar-refractivity contribution in [3.05, 3.63) is 66.2 Å². The van der Waals surface area contributed by atoms with E-state index in [1.165, 1.54) is 0 Å². The number of nitrogens with zero attached hydrogens (tertiary/aromatic N) is 3. The number of piperazine rings is 1. The Balaban J connectivity index is 1.27. The Hall–Kier alpha value is -3.35. The van der Waals surface area contributed by atoms with Crippen molar-refractivity contribution in [3.63, 3.8) is 0 Å². The summed E-state index contributed by atoms with van der Waals surface area (Å²) in [4.78, 5) is 42.7. The molecule has 7 nitrogen and oxygen atoms in total. The van der Waals surface area contributed by atoms with Gasteiger partial charge in [-0.3, -0.25) is 9.59 Å². The van der Waals surface area contributed by atoms with E-state index in [4.69, 9.17) is 4.74 Å². The van der Waals surface area contributed by atoms with Crippen LogP contribution in [0.5, 0.6) is 5.75 Å². The molecule has 7 heteroatoms. The zero-order valence-corrected chi connectivity index (χ0v) is 16.8. The summed E-state index contributed by atoms with van der Waals surface area (Å²) >= 11 is 0. The highest BCUT2D eigenvalue weighted by Gasteiger charge is 2.37. The highest BCUT2D eigenvalue weighted by molar-refractivity contribution is 5.89. The summed E-state index contributed by atoms with van der Waals surface area (Å²) < 4.78 is 5.37. The summed E-state index contributed by atoms with van der Waals surface area (Å²) in [5.41, 5.74) is 1.06. The maximum absolute atomic E-state index is 12.9. The molecule has 156 valence electrons. The molecule has 2 aliphatic heterocycles. The van der Waals surface area contributed by atoms with Gasteiger partial charge in [-0.05, 0) is 17.7 Å². The Kier molecular flexibility index (Phi) is 5.97. The molecule has 0 aliphatic carbocycles. The number of rotatable bonds is 4. The van der Waals surface area contributed by atoms with Gasteiger partial charge >= 0.3 is 6.09 Å². The Morgan fingerprint density at radius 3 is 2.13 bits per heavy atom. The zero-order chi connectivity index (χ0) is 20.9. The molecule has 0 N–H and O–H groups in total. The van der Waals surface area contributed by atoms with Crippen LogP contribution in [0.2, 0.25) is 0 Å². The van der Waals surface area contributed by atoms with Crippen molar-refractivity contribution in [1.82, 2.24) is 14.7 Å². The minimum absolute atomic E-state index is 0.00464. The predicted molar refractivity (Wildman–Crippen MR) is 111 cm³/mol. The second-order valence-electron chi connectivity index (χ2n) is 7.65. The molecule has 0 saturated carbocycles. The first kappa shape index (κ1) is 19.9. The molecule has 2 aromatic carbocycles. The van der Waals surface area contributed by atoms with Gasteiger partial charge in [0, 0.05) is 45.7 Å². The van der Waals surface area contributed by atoms with Gasteiger partial charge < -0.3 is 19.4 Å². The van der Waals surface area contributed by atoms with Crippen molar-refractivity contribution in [1.29, 1.82) is 0 Å². The molecule has 4 rings (SSSR count). The van der Waals surface area contributed by atoms with Crippen LogP contribution in [0, 0.1) is 5.92 Å². The number of amides is 3. The molecular weight excluding hydrogens is 382 g/mol. The van der Waals surface area contributed by atoms with Gasteiger partial charge in [-0.1, -0.05) is 48.5 Å². The molecule has 2 fully saturated rings. The second kappa shape index (κ2) is 8.98. The van der Waals surface area contributed by atoms with Crippen LogP contribution in [-0.2, 0) is 16.1 Å². The predicted octanol–water partition coefficient (Wildman–Crippen LogP) is 2.38. The van der Waals surface area contributed by atoms with Crippen LogP contribution in [-0.4, -0.2) is 65.3 Å². The fourth-order valence-corrected chi connectivity index (χ4v) is 3.92. The second-order valence-corrected chi connectivity index (χ2v) is 7.65. The average Bonchev–Trinajstić information content (AvgIpc) is 3.15. The molecule has 3 amide bonds. The van der Waals surface area contributed by atoms with Crippen molar-refractivity contribution < 1.29 is 19.1 Å². The van der Waals surface area contributed by atoms with E-state index in [0.29, 0.717) is 45.0 Å². The number of hydrogen-bond donors (Lipinski definition) is 0. The van der Waals surface area contributed by atoms with Crippen molar-refractivity contribution in [2.75, 3.05) is 32.7 Å². The van der Waals surface area contributed by atoms with Gasteiger partial charge in [-0.15, -0.1) is 0 Å². The van der Waals surface area contributed by atoms with Gasteiger partial charge in [0.25, 0.3) is 0 Å². The van der Waals surface area contributed by atoms with E-state index >= 15 is 0 Å². The lowest BCUT2D eigenvalue weighted by atomic mass is 10.1. The fraction of sp³-hybridized carbons (Fsp3) is 0.348. The van der Waals surface area contributed by atoms with Gasteiger partial charge in [-0.25, -0.2) is 4.79 Å². The highest BCUT2D eigenvalue weighted by atomic mass is 16.6. The number of carbonyl (C=O) groups excluding carboxylic acids is 3. The van der Waals surface area contributed by atoms with Crippen molar-refractivity contribution >= 4 is 17.9 Å². The van der Waals surface area contributed by atoms with Crippen LogP contribution in [0.3, 0.4) is 0 Å². The number of hydrogen-bond acceptors (Lipinski definition) is 4. The van der Waals surface area contributed by atoms with E-state index in [0.717, 1.165) is 5.56 Å². The fourth-order valence-electron chi connectivity index (χ4n) is 3.92. The maximum Gasteiger partial charge on any atom is 0.415 e. The first-order valence-corrected chi connectivity index (χ1v) is 10.2. The maximum atomic E-state index is 12.9. The largest absolute Gasteiger partial charge is 0.415 e. The third-order valence-corrected chi connectivity index (χ3v) is 5.58. The lowest BCUT2D eigenvalue weighted by Gasteiger charge is -2.35. The van der Waals surface area contributed by atoms with E-state index in [9.17, 15) is 14.4 Å². The Morgan fingerprint density at radius 2 is 1.47 bits per heavy atom. The van der Waals surface area contributed by atoms with E-state index in [1.807, 2.05) is 48.5 Å². The normalized spacial score (nSPS) is 19.1. The summed E-state index contributed by atoms with van der Waals surface area (Å²) in [6, 6.07) is 18.7. The standard InChI is InChI=1S/C23H25N3O4/c27-21-15-19(17-26(21)16-18-7-3-1-4-8-18)22(28)24-11-13-25(14-12-24)23(29)30-20-9-5-2-6-10-20/h1-10,19H,11-17H2. The first-order chi connectivity index (χ1) is 14.6. The van der Waals surface area contributed by atoms with E-state index in [-0.39, 0.29) is 24.2 Å². The number of likely N-dealkylation sites (tertiary alicyclic amines) is 1. The van der Waals surface area contributed by atoms with Gasteiger partial charge in [0.05, 0.1) is 5.92 Å². The lowest BCUT2D eigenvalue weighted by Crippen LogP contribution is -2.52. The molecule has 1 atom stereocenters. The van der Waals surface area contributed by atoms with Crippen LogP contribution < -0.4 is 4.74 Å². The molecule has 30 heavy (non-hydrogen) atoms. The molecule has 0 spiro atoms. The summed E-state index contributed by atoms with van der Waals surface area (Å²) in [5.74, 6) is 0.199. The monoisotopic (exact) mass is 407 g/mol. The summed E-state index contributed by atoms with van der Waals surface area (Å²) in [7, 11) is 0. The van der Waals surface area contributed by atoms with Crippen LogP contribution in [0.1, 0.15) is 12.0 Å². The molecule has 2 aliphatic rings. The Bertz CT molecular complexity index is 895. The minimum atomic E-state index is -0.404. The van der Waals surface area contributed by atoms with Crippen LogP contribution in [0.15, 0.2) is 60.7 Å².